The molecule has 2 aliphatic rings. The molecule has 1 spiro atoms. The molecule has 0 radical (unpaired) electrons. The maximum absolute atomic E-state index is 10.00. The Morgan fingerprint density at radius 3 is 1.61 bits per heavy atom. The number of nitriles is 1. The number of hydrogen-bond donors (Lipinski definition) is 0. The molecule has 288 valence electrons. The number of hydrogen-bond acceptors (Lipinski definition) is 4. The van der Waals surface area contributed by atoms with Crippen molar-refractivity contribution in [2.45, 2.75) is 15.2 Å². The standard InChI is InChI=1S/C58H35N3S/c59-36-43-20-12-23-46-44(21-13-22-45(43)46)41-29-31-50-48(34-41)47-33-40(28-30-49(47)58(50)51-24-7-9-26-55(51)62-56-27-10-8-25-52(56)58)39-18-11-19-42(32-39)54-35-53(37-14-3-1-4-15-37)60-57(61-54)38-16-5-2-6-17-38/h1-35H. The van der Waals surface area contributed by atoms with Gasteiger partial charge < -0.3 is 0 Å². The average molecular weight is 806 g/mol. The Labute approximate surface area is 364 Å². The van der Waals surface area contributed by atoms with Crippen LogP contribution in [0.2, 0.25) is 0 Å². The van der Waals surface area contributed by atoms with E-state index in [1.807, 2.05) is 48.2 Å². The summed E-state index contributed by atoms with van der Waals surface area (Å²) in [7, 11) is 0. The van der Waals surface area contributed by atoms with E-state index in [1.165, 1.54) is 43.2 Å². The number of nitrogens with zero attached hydrogens (tertiary/aromatic N) is 3. The van der Waals surface area contributed by atoms with Gasteiger partial charge in [-0.05, 0) is 103 Å². The van der Waals surface area contributed by atoms with Crippen LogP contribution in [0.3, 0.4) is 0 Å². The monoisotopic (exact) mass is 805 g/mol. The van der Waals surface area contributed by atoms with E-state index in [9.17, 15) is 5.26 Å². The minimum atomic E-state index is -0.503. The van der Waals surface area contributed by atoms with Crippen molar-refractivity contribution in [1.82, 2.24) is 9.97 Å². The van der Waals surface area contributed by atoms with Crippen molar-refractivity contribution in [1.29, 1.82) is 5.26 Å². The van der Waals surface area contributed by atoms with E-state index >= 15 is 0 Å². The zero-order valence-corrected chi connectivity index (χ0v) is 34.3. The highest BCUT2D eigenvalue weighted by Crippen LogP contribution is 2.63. The molecule has 0 saturated heterocycles. The lowest BCUT2D eigenvalue weighted by Crippen LogP contribution is -2.31. The Hall–Kier alpha value is -7.84. The molecule has 0 unspecified atom stereocenters. The zero-order valence-electron chi connectivity index (χ0n) is 33.5. The third-order valence-electron chi connectivity index (χ3n) is 12.6. The van der Waals surface area contributed by atoms with E-state index in [2.05, 4.69) is 182 Å². The summed E-state index contributed by atoms with van der Waals surface area (Å²) in [6, 6.07) is 78.1. The lowest BCUT2D eigenvalue weighted by atomic mass is 9.67. The van der Waals surface area contributed by atoms with Crippen molar-refractivity contribution < 1.29 is 0 Å². The Morgan fingerprint density at radius 1 is 0.371 bits per heavy atom. The number of aromatic nitrogens is 2. The van der Waals surface area contributed by atoms with Crippen LogP contribution < -0.4 is 0 Å². The van der Waals surface area contributed by atoms with Crippen molar-refractivity contribution in [3.63, 3.8) is 0 Å². The molecule has 3 nitrogen and oxygen atoms in total. The molecule has 62 heavy (non-hydrogen) atoms. The van der Waals surface area contributed by atoms with Gasteiger partial charge in [0.15, 0.2) is 5.82 Å². The van der Waals surface area contributed by atoms with Gasteiger partial charge in [-0.25, -0.2) is 9.97 Å². The predicted molar refractivity (Wildman–Crippen MR) is 253 cm³/mol. The van der Waals surface area contributed by atoms with Gasteiger partial charge in [-0.1, -0.05) is 182 Å². The molecule has 0 saturated carbocycles. The molecule has 0 fully saturated rings. The van der Waals surface area contributed by atoms with Crippen molar-refractivity contribution in [3.05, 3.63) is 240 Å². The quantitative estimate of drug-likeness (QED) is 0.174. The van der Waals surface area contributed by atoms with E-state index in [1.54, 1.807) is 0 Å². The fraction of sp³-hybridized carbons (Fsp3) is 0.0172. The third-order valence-corrected chi connectivity index (χ3v) is 13.8. The largest absolute Gasteiger partial charge is 0.228 e. The second-order valence-corrected chi connectivity index (χ2v) is 17.0. The highest BCUT2D eigenvalue weighted by molar-refractivity contribution is 7.99. The van der Waals surface area contributed by atoms with Crippen molar-refractivity contribution in [2.24, 2.45) is 0 Å². The Bertz CT molecular complexity index is 3360. The lowest BCUT2D eigenvalue weighted by Gasteiger charge is -2.39. The normalized spacial score (nSPS) is 12.9. The highest BCUT2D eigenvalue weighted by Gasteiger charge is 2.50. The fourth-order valence-corrected chi connectivity index (χ4v) is 11.0. The van der Waals surface area contributed by atoms with Crippen molar-refractivity contribution in [2.75, 3.05) is 0 Å². The average Bonchev–Trinajstić information content (AvgIpc) is 3.63. The van der Waals surface area contributed by atoms with Gasteiger partial charge in [0.05, 0.1) is 28.4 Å². The van der Waals surface area contributed by atoms with Crippen LogP contribution in [0.4, 0.5) is 0 Å². The first-order valence-electron chi connectivity index (χ1n) is 20.9. The van der Waals surface area contributed by atoms with Gasteiger partial charge in [0.2, 0.25) is 0 Å². The highest BCUT2D eigenvalue weighted by atomic mass is 32.2. The first-order valence-corrected chi connectivity index (χ1v) is 21.7. The molecule has 10 aromatic rings. The summed E-state index contributed by atoms with van der Waals surface area (Å²) in [5, 5.41) is 12.0. The second kappa shape index (κ2) is 14.4. The Morgan fingerprint density at radius 2 is 0.903 bits per heavy atom. The molecule has 1 aromatic heterocycles. The van der Waals surface area contributed by atoms with Gasteiger partial charge in [-0.15, -0.1) is 0 Å². The maximum Gasteiger partial charge on any atom is 0.160 e. The molecule has 1 aliphatic carbocycles. The van der Waals surface area contributed by atoms with E-state index in [-0.39, 0.29) is 0 Å². The van der Waals surface area contributed by atoms with Crippen LogP contribution in [0.5, 0.6) is 0 Å². The summed E-state index contributed by atoms with van der Waals surface area (Å²) < 4.78 is 0. The Kier molecular flexibility index (Phi) is 8.38. The van der Waals surface area contributed by atoms with Crippen molar-refractivity contribution >= 4 is 22.5 Å². The van der Waals surface area contributed by atoms with Gasteiger partial charge in [0, 0.05) is 31.9 Å². The van der Waals surface area contributed by atoms with Crippen LogP contribution in [0.25, 0.3) is 78.1 Å². The van der Waals surface area contributed by atoms with Crippen molar-refractivity contribution in [3.8, 4) is 73.4 Å². The predicted octanol–water partition coefficient (Wildman–Crippen LogP) is 14.7. The molecule has 1 aliphatic heterocycles. The van der Waals surface area contributed by atoms with Gasteiger partial charge in [-0.2, -0.15) is 5.26 Å². The van der Waals surface area contributed by atoms with Crippen LogP contribution >= 0.6 is 11.8 Å². The summed E-state index contributed by atoms with van der Waals surface area (Å²) in [4.78, 5) is 12.8. The van der Waals surface area contributed by atoms with E-state index < -0.39 is 5.41 Å². The van der Waals surface area contributed by atoms with E-state index in [4.69, 9.17) is 9.97 Å². The van der Waals surface area contributed by atoms with Crippen LogP contribution in [-0.2, 0) is 5.41 Å². The molecule has 0 bridgehead atoms. The third kappa shape index (κ3) is 5.60. The smallest absolute Gasteiger partial charge is 0.160 e. The van der Waals surface area contributed by atoms with Crippen LogP contribution in [-0.4, -0.2) is 9.97 Å². The minimum absolute atomic E-state index is 0.503. The molecule has 4 heteroatoms. The molecule has 0 N–H and O–H groups in total. The van der Waals surface area contributed by atoms with Gasteiger partial charge in [0.1, 0.15) is 0 Å². The summed E-state index contributed by atoms with van der Waals surface area (Å²) in [6.07, 6.45) is 0. The minimum Gasteiger partial charge on any atom is -0.228 e. The Balaban J connectivity index is 1.06. The topological polar surface area (TPSA) is 49.6 Å². The number of fused-ring (bicyclic) bond motifs is 10. The fourth-order valence-electron chi connectivity index (χ4n) is 9.84. The number of rotatable bonds is 5. The number of benzene rings is 9. The first kappa shape index (κ1) is 36.0. The zero-order chi connectivity index (χ0) is 41.2. The van der Waals surface area contributed by atoms with Crippen LogP contribution in [0.15, 0.2) is 222 Å². The van der Waals surface area contributed by atoms with Gasteiger partial charge >= 0.3 is 0 Å². The maximum atomic E-state index is 10.00. The molecule has 0 atom stereocenters. The molecule has 0 amide bonds. The SMILES string of the molecule is N#Cc1cccc2c(-c3ccc4c(c3)-c3cc(-c5cccc(-c6cc(-c7ccccc7)nc(-c7ccccc7)n6)c5)ccc3C43c4ccccc4Sc4ccccc43)cccc12. The molecule has 2 heterocycles. The molecular weight excluding hydrogens is 771 g/mol. The van der Waals surface area contributed by atoms with Gasteiger partial charge in [0.25, 0.3) is 0 Å². The van der Waals surface area contributed by atoms with Crippen LogP contribution in [0, 0.1) is 11.3 Å². The summed E-state index contributed by atoms with van der Waals surface area (Å²) in [5.74, 6) is 0.698. The first-order chi connectivity index (χ1) is 30.7. The van der Waals surface area contributed by atoms with E-state index in [0.29, 0.717) is 11.4 Å². The lowest BCUT2D eigenvalue weighted by molar-refractivity contribution is 0.722. The van der Waals surface area contributed by atoms with Gasteiger partial charge in [-0.3, -0.25) is 0 Å². The summed E-state index contributed by atoms with van der Waals surface area (Å²) in [5.41, 5.74) is 17.1. The second-order valence-electron chi connectivity index (χ2n) is 16.0. The summed E-state index contributed by atoms with van der Waals surface area (Å²) in [6.45, 7) is 0. The molecule has 12 rings (SSSR count). The molecular formula is C58H35N3S. The summed E-state index contributed by atoms with van der Waals surface area (Å²) >= 11 is 1.86. The van der Waals surface area contributed by atoms with E-state index in [0.717, 1.165) is 61.1 Å². The molecule has 9 aromatic carbocycles. The van der Waals surface area contributed by atoms with Crippen LogP contribution in [0.1, 0.15) is 27.8 Å².